The summed E-state index contributed by atoms with van der Waals surface area (Å²) < 4.78 is 0. The van der Waals surface area contributed by atoms with Crippen LogP contribution in [0.25, 0.3) is 0 Å². The van der Waals surface area contributed by atoms with E-state index in [1.165, 1.54) is 0 Å². The maximum Gasteiger partial charge on any atom is 0.319 e. The Morgan fingerprint density at radius 3 is 2.67 bits per heavy atom. The summed E-state index contributed by atoms with van der Waals surface area (Å²) in [6, 6.07) is -0.773. The third kappa shape index (κ3) is 1.20. The van der Waals surface area contributed by atoms with Crippen LogP contribution in [-0.4, -0.2) is 28.7 Å². The van der Waals surface area contributed by atoms with E-state index in [9.17, 15) is 10.0 Å². The highest BCUT2D eigenvalue weighted by Crippen LogP contribution is 2.14. The minimum atomic E-state index is -0.998. The Hall–Kier alpha value is -0.610. The largest absolute Gasteiger partial charge is 0.785 e. The number of hydrogen-bond donors (Lipinski definition) is 1. The van der Waals surface area contributed by atoms with Crippen LogP contribution in [0.15, 0.2) is 0 Å². The molecule has 1 aliphatic rings. The lowest BCUT2D eigenvalue weighted by atomic mass is 10.2. The second-order valence-electron chi connectivity index (χ2n) is 2.14. The van der Waals surface area contributed by atoms with Crippen LogP contribution in [-0.2, 0) is 4.79 Å². The number of hydrogen-bond acceptors (Lipinski definition) is 3. The average Bonchev–Trinajstić information content (AvgIpc) is 2.13. The summed E-state index contributed by atoms with van der Waals surface area (Å²) in [6.45, 7) is 0.372. The Labute approximate surface area is 52.7 Å². The monoisotopic (exact) mass is 130 g/mol. The van der Waals surface area contributed by atoms with Crippen molar-refractivity contribution in [2.45, 2.75) is 18.9 Å². The van der Waals surface area contributed by atoms with Crippen LogP contribution in [0.3, 0.4) is 0 Å². The number of hydroxylamine groups is 2. The van der Waals surface area contributed by atoms with Crippen molar-refractivity contribution in [1.29, 1.82) is 0 Å². The van der Waals surface area contributed by atoms with Crippen molar-refractivity contribution < 1.29 is 9.90 Å². The molecule has 0 aromatic carbocycles. The van der Waals surface area contributed by atoms with Crippen LogP contribution in [0, 0.1) is 5.21 Å². The van der Waals surface area contributed by atoms with E-state index in [-0.39, 0.29) is 0 Å². The van der Waals surface area contributed by atoms with Crippen molar-refractivity contribution in [3.63, 3.8) is 0 Å². The summed E-state index contributed by atoms with van der Waals surface area (Å²) in [5.74, 6) is -0.998. The molecule has 1 fully saturated rings. The minimum Gasteiger partial charge on any atom is -0.785 e. The zero-order valence-electron chi connectivity index (χ0n) is 4.91. The molecule has 0 amide bonds. The Kier molecular flexibility index (Phi) is 1.68. The molecule has 1 heterocycles. The smallest absolute Gasteiger partial charge is 0.319 e. The van der Waals surface area contributed by atoms with Gasteiger partial charge >= 0.3 is 5.97 Å². The van der Waals surface area contributed by atoms with Crippen LogP contribution in [0.4, 0.5) is 0 Å². The first kappa shape index (κ1) is 6.51. The van der Waals surface area contributed by atoms with Gasteiger partial charge in [0.1, 0.15) is 0 Å². The third-order valence-electron chi connectivity index (χ3n) is 1.49. The molecular weight excluding hydrogens is 122 g/mol. The van der Waals surface area contributed by atoms with Gasteiger partial charge in [0.25, 0.3) is 0 Å². The van der Waals surface area contributed by atoms with Crippen molar-refractivity contribution in [2.24, 2.45) is 0 Å². The number of carbonyl (C=O) groups is 1. The molecule has 1 unspecified atom stereocenters. The first-order valence-corrected chi connectivity index (χ1v) is 2.88. The van der Waals surface area contributed by atoms with Crippen LogP contribution in [0.2, 0.25) is 0 Å². The lowest BCUT2D eigenvalue weighted by Gasteiger charge is -2.26. The fraction of sp³-hybridized carbons (Fsp3) is 0.800. The van der Waals surface area contributed by atoms with E-state index in [0.29, 0.717) is 24.4 Å². The van der Waals surface area contributed by atoms with E-state index in [2.05, 4.69) is 0 Å². The van der Waals surface area contributed by atoms with Crippen LogP contribution < -0.4 is 0 Å². The molecule has 52 valence electrons. The van der Waals surface area contributed by atoms with Crippen molar-refractivity contribution in [1.82, 2.24) is 5.06 Å². The Morgan fingerprint density at radius 2 is 2.44 bits per heavy atom. The standard InChI is InChI=1S/C5H8NO3/c7-5(8)4-2-1-3-6(4)9/h4H,1-3H2,(H,7,8)/q-1. The molecule has 9 heavy (non-hydrogen) atoms. The summed E-state index contributed by atoms with van der Waals surface area (Å²) in [5, 5.41) is 19.5. The molecule has 0 aromatic rings. The third-order valence-corrected chi connectivity index (χ3v) is 1.49. The van der Waals surface area contributed by atoms with E-state index in [0.717, 1.165) is 0 Å². The predicted molar refractivity (Wildman–Crippen MR) is 30.7 cm³/mol. The minimum absolute atomic E-state index is 0.372. The van der Waals surface area contributed by atoms with Gasteiger partial charge in [0, 0.05) is 0 Å². The zero-order chi connectivity index (χ0) is 6.85. The highest BCUT2D eigenvalue weighted by atomic mass is 16.5. The predicted octanol–water partition coefficient (Wildman–Crippen LogP) is 0.0332. The highest BCUT2D eigenvalue weighted by Gasteiger charge is 2.23. The molecule has 1 N–H and O–H groups in total. The second-order valence-corrected chi connectivity index (χ2v) is 2.14. The van der Waals surface area contributed by atoms with Crippen molar-refractivity contribution in [3.8, 4) is 0 Å². The van der Waals surface area contributed by atoms with Gasteiger partial charge in [-0.3, -0.25) is 4.79 Å². The number of rotatable bonds is 1. The van der Waals surface area contributed by atoms with Gasteiger partial charge in [-0.2, -0.15) is 0 Å². The van der Waals surface area contributed by atoms with Crippen molar-refractivity contribution >= 4 is 5.97 Å². The number of carboxylic acids is 1. The first-order valence-electron chi connectivity index (χ1n) is 2.88. The van der Waals surface area contributed by atoms with E-state index in [1.807, 2.05) is 0 Å². The fourth-order valence-corrected chi connectivity index (χ4v) is 0.987. The second kappa shape index (κ2) is 2.33. The molecule has 1 atom stereocenters. The van der Waals surface area contributed by atoms with Gasteiger partial charge < -0.3 is 15.4 Å². The summed E-state index contributed by atoms with van der Waals surface area (Å²) in [7, 11) is 0. The van der Waals surface area contributed by atoms with Crippen molar-refractivity contribution in [3.05, 3.63) is 5.21 Å². The van der Waals surface area contributed by atoms with Gasteiger partial charge in [0.05, 0.1) is 6.04 Å². The SMILES string of the molecule is O=C(O)C1CCCN1[O-]. The maximum atomic E-state index is 10.6. The van der Waals surface area contributed by atoms with E-state index >= 15 is 0 Å². The molecule has 1 rings (SSSR count). The molecule has 1 aliphatic heterocycles. The Bertz CT molecular complexity index is 125. The molecule has 0 bridgehead atoms. The fourth-order valence-electron chi connectivity index (χ4n) is 0.987. The molecule has 0 aliphatic carbocycles. The average molecular weight is 130 g/mol. The molecular formula is C5H8NO3-. The molecule has 0 aromatic heterocycles. The topological polar surface area (TPSA) is 63.6 Å². The summed E-state index contributed by atoms with van der Waals surface area (Å²) in [5.41, 5.74) is 0. The first-order chi connectivity index (χ1) is 4.22. The maximum absolute atomic E-state index is 10.6. The van der Waals surface area contributed by atoms with Crippen LogP contribution in [0.5, 0.6) is 0 Å². The van der Waals surface area contributed by atoms with E-state index in [4.69, 9.17) is 5.11 Å². The number of aliphatic carboxylic acids is 1. The van der Waals surface area contributed by atoms with Gasteiger partial charge in [-0.05, 0) is 19.4 Å². The molecule has 4 nitrogen and oxygen atoms in total. The number of nitrogens with zero attached hydrogens (tertiary/aromatic N) is 1. The lowest BCUT2D eigenvalue weighted by Crippen LogP contribution is -2.30. The van der Waals surface area contributed by atoms with Gasteiger partial charge in [-0.1, -0.05) is 0 Å². The summed E-state index contributed by atoms with van der Waals surface area (Å²) in [4.78, 5) is 10.2. The summed E-state index contributed by atoms with van der Waals surface area (Å²) in [6.07, 6.45) is 1.21. The van der Waals surface area contributed by atoms with Crippen LogP contribution in [0.1, 0.15) is 12.8 Å². The van der Waals surface area contributed by atoms with Gasteiger partial charge in [0.15, 0.2) is 0 Å². The van der Waals surface area contributed by atoms with Crippen molar-refractivity contribution in [2.75, 3.05) is 6.54 Å². The van der Waals surface area contributed by atoms with Gasteiger partial charge in [-0.15, -0.1) is 0 Å². The lowest BCUT2D eigenvalue weighted by molar-refractivity contribution is -0.141. The summed E-state index contributed by atoms with van der Waals surface area (Å²) >= 11 is 0. The van der Waals surface area contributed by atoms with Crippen LogP contribution >= 0.6 is 0 Å². The highest BCUT2D eigenvalue weighted by molar-refractivity contribution is 5.73. The number of carboxylic acid groups (broad SMARTS) is 1. The van der Waals surface area contributed by atoms with Gasteiger partial charge in [0.2, 0.25) is 0 Å². The molecule has 1 saturated heterocycles. The van der Waals surface area contributed by atoms with E-state index in [1.54, 1.807) is 0 Å². The molecule has 0 radical (unpaired) electrons. The Balaban J connectivity index is 2.49. The Morgan fingerprint density at radius 1 is 1.78 bits per heavy atom. The quantitative estimate of drug-likeness (QED) is 0.544. The molecule has 0 saturated carbocycles. The van der Waals surface area contributed by atoms with E-state index < -0.39 is 12.0 Å². The molecule has 4 heteroatoms. The van der Waals surface area contributed by atoms with Gasteiger partial charge in [-0.25, -0.2) is 0 Å². The normalized spacial score (nSPS) is 28.8. The molecule has 0 spiro atoms. The zero-order valence-corrected chi connectivity index (χ0v) is 4.91.